The number of nitrogens with zero attached hydrogens (tertiary/aromatic N) is 4. The molecule has 2 rings (SSSR count). The van der Waals surface area contributed by atoms with Gasteiger partial charge in [0.2, 0.25) is 0 Å². The highest BCUT2D eigenvalue weighted by molar-refractivity contribution is 6.31. The maximum absolute atomic E-state index is 8.84. The lowest BCUT2D eigenvalue weighted by Gasteiger charge is -2.04. The third-order valence-corrected chi connectivity index (χ3v) is 2.54. The first-order valence-corrected chi connectivity index (χ1v) is 5.35. The Morgan fingerprint density at radius 3 is 3.00 bits per heavy atom. The van der Waals surface area contributed by atoms with Gasteiger partial charge in [0.05, 0.1) is 17.1 Å². The van der Waals surface area contributed by atoms with E-state index in [1.165, 1.54) is 0 Å². The number of rotatable bonds is 3. The van der Waals surface area contributed by atoms with Gasteiger partial charge in [0.25, 0.3) is 0 Å². The second kappa shape index (κ2) is 4.85. The first-order chi connectivity index (χ1) is 8.19. The molecule has 0 radical (unpaired) electrons. The van der Waals surface area contributed by atoms with Crippen molar-refractivity contribution >= 4 is 17.3 Å². The lowest BCUT2D eigenvalue weighted by Crippen LogP contribution is -2.00. The van der Waals surface area contributed by atoms with E-state index in [1.807, 2.05) is 25.4 Å². The van der Waals surface area contributed by atoms with E-state index in [0.29, 0.717) is 17.1 Å². The minimum Gasteiger partial charge on any atom is -0.379 e. The molecule has 1 aromatic carbocycles. The molecule has 17 heavy (non-hydrogen) atoms. The van der Waals surface area contributed by atoms with E-state index in [9.17, 15) is 0 Å². The molecule has 0 aliphatic heterocycles. The summed E-state index contributed by atoms with van der Waals surface area (Å²) in [6.07, 6.45) is 1.83. The zero-order chi connectivity index (χ0) is 12.3. The van der Waals surface area contributed by atoms with E-state index in [4.69, 9.17) is 16.9 Å². The zero-order valence-electron chi connectivity index (χ0n) is 9.18. The van der Waals surface area contributed by atoms with Crippen LogP contribution in [0.1, 0.15) is 11.3 Å². The maximum Gasteiger partial charge on any atom is 0.102 e. The Labute approximate surface area is 104 Å². The van der Waals surface area contributed by atoms with E-state index in [0.717, 1.165) is 11.4 Å². The van der Waals surface area contributed by atoms with E-state index in [-0.39, 0.29) is 0 Å². The molecule has 0 aliphatic carbocycles. The smallest absolute Gasteiger partial charge is 0.102 e. The Morgan fingerprint density at radius 2 is 2.35 bits per heavy atom. The van der Waals surface area contributed by atoms with Gasteiger partial charge >= 0.3 is 0 Å². The van der Waals surface area contributed by atoms with Crippen molar-refractivity contribution in [3.63, 3.8) is 0 Å². The number of anilines is 1. The van der Waals surface area contributed by atoms with Gasteiger partial charge in [-0.25, -0.2) is 0 Å². The van der Waals surface area contributed by atoms with Crippen molar-refractivity contribution in [1.29, 1.82) is 5.26 Å². The number of halogens is 1. The van der Waals surface area contributed by atoms with Gasteiger partial charge in [-0.15, -0.1) is 5.10 Å². The van der Waals surface area contributed by atoms with Crippen LogP contribution in [0.4, 0.5) is 5.69 Å². The first-order valence-electron chi connectivity index (χ1n) is 4.98. The number of aryl methyl sites for hydroxylation is 1. The fourth-order valence-corrected chi connectivity index (χ4v) is 1.55. The summed E-state index contributed by atoms with van der Waals surface area (Å²) in [6, 6.07) is 7.25. The van der Waals surface area contributed by atoms with Gasteiger partial charge in [-0.2, -0.15) is 5.26 Å². The maximum atomic E-state index is 8.84. The Kier molecular flexibility index (Phi) is 3.26. The van der Waals surface area contributed by atoms with Gasteiger partial charge in [0.1, 0.15) is 11.8 Å². The van der Waals surface area contributed by atoms with E-state index < -0.39 is 0 Å². The summed E-state index contributed by atoms with van der Waals surface area (Å²) < 4.78 is 1.64. The quantitative estimate of drug-likeness (QED) is 0.900. The molecule has 5 nitrogen and oxygen atoms in total. The number of nitrogens with one attached hydrogen (secondary N) is 1. The van der Waals surface area contributed by atoms with Crippen molar-refractivity contribution in [2.75, 3.05) is 5.32 Å². The molecule has 86 valence electrons. The molecule has 0 unspecified atom stereocenters. The highest BCUT2D eigenvalue weighted by Crippen LogP contribution is 2.19. The molecular weight excluding hydrogens is 238 g/mol. The number of benzene rings is 1. The fourth-order valence-electron chi connectivity index (χ4n) is 1.39. The van der Waals surface area contributed by atoms with Gasteiger partial charge in [-0.05, 0) is 18.2 Å². The van der Waals surface area contributed by atoms with E-state index >= 15 is 0 Å². The minimum atomic E-state index is 0.454. The summed E-state index contributed by atoms with van der Waals surface area (Å²) in [6.45, 7) is 0.556. The summed E-state index contributed by atoms with van der Waals surface area (Å²) in [5.41, 5.74) is 2.12. The van der Waals surface area contributed by atoms with Gasteiger partial charge in [-0.3, -0.25) is 4.68 Å². The van der Waals surface area contributed by atoms with E-state index in [1.54, 1.807) is 16.8 Å². The summed E-state index contributed by atoms with van der Waals surface area (Å²) in [4.78, 5) is 0. The van der Waals surface area contributed by atoms with Crippen LogP contribution in [0.15, 0.2) is 24.4 Å². The van der Waals surface area contributed by atoms with Crippen LogP contribution in [0.2, 0.25) is 5.02 Å². The van der Waals surface area contributed by atoms with Crippen LogP contribution in [0.25, 0.3) is 0 Å². The third-order valence-electron chi connectivity index (χ3n) is 2.21. The summed E-state index contributed by atoms with van der Waals surface area (Å²) in [5.74, 6) is 0. The van der Waals surface area contributed by atoms with Crippen molar-refractivity contribution < 1.29 is 0 Å². The number of hydrogen-bond acceptors (Lipinski definition) is 4. The molecule has 0 spiro atoms. The lowest BCUT2D eigenvalue weighted by atomic mass is 10.2. The van der Waals surface area contributed by atoms with Crippen LogP contribution in [0.5, 0.6) is 0 Å². The summed E-state index contributed by atoms with van der Waals surface area (Å²) in [7, 11) is 1.81. The molecule has 1 heterocycles. The SMILES string of the molecule is Cn1cc(CNc2ccc(Cl)c(C#N)c2)nn1. The van der Waals surface area contributed by atoms with Crippen LogP contribution < -0.4 is 5.32 Å². The predicted molar refractivity (Wildman–Crippen MR) is 64.5 cm³/mol. The molecule has 0 saturated heterocycles. The highest BCUT2D eigenvalue weighted by Gasteiger charge is 2.02. The molecule has 0 amide bonds. The monoisotopic (exact) mass is 247 g/mol. The molecule has 0 bridgehead atoms. The topological polar surface area (TPSA) is 66.5 Å². The largest absolute Gasteiger partial charge is 0.379 e. The average molecular weight is 248 g/mol. The Morgan fingerprint density at radius 1 is 1.53 bits per heavy atom. The van der Waals surface area contributed by atoms with Crippen LogP contribution in [-0.4, -0.2) is 15.0 Å². The number of nitriles is 1. The molecule has 1 N–H and O–H groups in total. The summed E-state index contributed by atoms with van der Waals surface area (Å²) in [5, 5.41) is 20.2. The van der Waals surface area contributed by atoms with Crippen molar-refractivity contribution in [2.24, 2.45) is 7.05 Å². The second-order valence-corrected chi connectivity index (χ2v) is 3.95. The van der Waals surface area contributed by atoms with Gasteiger partial charge in [-0.1, -0.05) is 16.8 Å². The van der Waals surface area contributed by atoms with Crippen LogP contribution in [0, 0.1) is 11.3 Å². The molecule has 2 aromatic rings. The molecule has 1 aromatic heterocycles. The molecule has 6 heteroatoms. The minimum absolute atomic E-state index is 0.454. The lowest BCUT2D eigenvalue weighted by molar-refractivity contribution is 0.713. The van der Waals surface area contributed by atoms with Crippen LogP contribution in [0.3, 0.4) is 0 Å². The molecule has 0 fully saturated rings. The van der Waals surface area contributed by atoms with Gasteiger partial charge in [0.15, 0.2) is 0 Å². The predicted octanol–water partition coefficient (Wildman–Crippen LogP) is 1.95. The summed E-state index contributed by atoms with van der Waals surface area (Å²) >= 11 is 5.84. The van der Waals surface area contributed by atoms with Crippen molar-refractivity contribution in [3.05, 3.63) is 40.7 Å². The third kappa shape index (κ3) is 2.74. The van der Waals surface area contributed by atoms with Crippen LogP contribution in [-0.2, 0) is 13.6 Å². The van der Waals surface area contributed by atoms with E-state index in [2.05, 4.69) is 15.6 Å². The van der Waals surface area contributed by atoms with Crippen molar-refractivity contribution in [2.45, 2.75) is 6.54 Å². The van der Waals surface area contributed by atoms with Gasteiger partial charge in [0, 0.05) is 18.9 Å². The van der Waals surface area contributed by atoms with Crippen LogP contribution >= 0.6 is 11.6 Å². The Balaban J connectivity index is 2.07. The Hall–Kier alpha value is -2.06. The van der Waals surface area contributed by atoms with Crippen molar-refractivity contribution in [3.8, 4) is 6.07 Å². The first kappa shape index (κ1) is 11.4. The number of hydrogen-bond donors (Lipinski definition) is 1. The highest BCUT2D eigenvalue weighted by atomic mass is 35.5. The molecular formula is C11H10ClN5. The zero-order valence-corrected chi connectivity index (χ0v) is 9.94. The average Bonchev–Trinajstić information content (AvgIpc) is 2.74. The molecule has 0 saturated carbocycles. The fraction of sp³-hybridized carbons (Fsp3) is 0.182. The molecule has 0 atom stereocenters. The normalized spacial score (nSPS) is 9.94. The molecule has 0 aliphatic rings. The van der Waals surface area contributed by atoms with Crippen molar-refractivity contribution in [1.82, 2.24) is 15.0 Å². The second-order valence-electron chi connectivity index (χ2n) is 3.54. The Bertz CT molecular complexity index is 569. The van der Waals surface area contributed by atoms with Gasteiger partial charge < -0.3 is 5.32 Å². The standard InChI is InChI=1S/C11H10ClN5/c1-17-7-10(15-16-17)6-14-9-2-3-11(12)8(4-9)5-13/h2-4,7,14H,6H2,1H3. The number of aromatic nitrogens is 3.